The number of nitrogens with zero attached hydrogens (tertiary/aromatic N) is 3. The topological polar surface area (TPSA) is 72.0 Å². The Labute approximate surface area is 162 Å². The van der Waals surface area contributed by atoms with Gasteiger partial charge in [-0.3, -0.25) is 9.78 Å². The first kappa shape index (κ1) is 19.4. The highest BCUT2D eigenvalue weighted by molar-refractivity contribution is 6.31. The molecule has 0 saturated carbocycles. The Balaban J connectivity index is 1.98. The first-order chi connectivity index (χ1) is 13.0. The number of hydrogen-bond donors (Lipinski definition) is 0. The van der Waals surface area contributed by atoms with Gasteiger partial charge >= 0.3 is 5.97 Å². The predicted octanol–water partition coefficient (Wildman–Crippen LogP) is 2.36. The molecular formula is C19H22ClN3O4. The molecule has 1 fully saturated rings. The molecular weight excluding hydrogens is 370 g/mol. The number of ether oxygens (including phenoxy) is 2. The Morgan fingerprint density at radius 3 is 2.78 bits per heavy atom. The lowest BCUT2D eigenvalue weighted by molar-refractivity contribution is -0.133. The minimum Gasteiger partial charge on any atom is -0.462 e. The molecule has 3 rings (SSSR count). The highest BCUT2D eigenvalue weighted by atomic mass is 35.5. The number of pyridine rings is 1. The third-order valence-corrected chi connectivity index (χ3v) is 4.65. The normalized spacial score (nSPS) is 14.3. The van der Waals surface area contributed by atoms with Crippen molar-refractivity contribution in [2.45, 2.75) is 6.92 Å². The number of anilines is 1. The molecule has 0 spiro atoms. The minimum atomic E-state index is -0.479. The quantitative estimate of drug-likeness (QED) is 0.728. The molecule has 0 bridgehead atoms. The number of esters is 1. The zero-order valence-corrected chi connectivity index (χ0v) is 16.2. The van der Waals surface area contributed by atoms with Crippen LogP contribution in [0.5, 0.6) is 0 Å². The number of carbonyl (C=O) groups excluding carboxylic acids is 2. The smallest absolute Gasteiger partial charge is 0.341 e. The zero-order chi connectivity index (χ0) is 19.4. The van der Waals surface area contributed by atoms with Gasteiger partial charge in [0.15, 0.2) is 0 Å². The molecule has 27 heavy (non-hydrogen) atoms. The van der Waals surface area contributed by atoms with Crippen LogP contribution < -0.4 is 4.90 Å². The fourth-order valence-corrected chi connectivity index (χ4v) is 3.29. The van der Waals surface area contributed by atoms with Gasteiger partial charge < -0.3 is 19.3 Å². The minimum absolute atomic E-state index is 0.0254. The van der Waals surface area contributed by atoms with Crippen molar-refractivity contribution in [2.75, 3.05) is 51.4 Å². The van der Waals surface area contributed by atoms with Crippen molar-refractivity contribution < 1.29 is 19.1 Å². The lowest BCUT2D eigenvalue weighted by atomic mass is 10.1. The van der Waals surface area contributed by atoms with E-state index in [0.29, 0.717) is 53.5 Å². The van der Waals surface area contributed by atoms with E-state index in [1.54, 1.807) is 42.0 Å². The maximum Gasteiger partial charge on any atom is 0.341 e. The van der Waals surface area contributed by atoms with Crippen LogP contribution in [0.25, 0.3) is 10.9 Å². The highest BCUT2D eigenvalue weighted by Crippen LogP contribution is 2.31. The van der Waals surface area contributed by atoms with Gasteiger partial charge in [0.2, 0.25) is 5.91 Å². The van der Waals surface area contributed by atoms with Crippen molar-refractivity contribution in [3.8, 4) is 0 Å². The summed E-state index contributed by atoms with van der Waals surface area (Å²) in [7, 11) is 1.77. The molecule has 1 aliphatic heterocycles. The number of benzene rings is 1. The Morgan fingerprint density at radius 1 is 1.33 bits per heavy atom. The first-order valence-corrected chi connectivity index (χ1v) is 9.21. The summed E-state index contributed by atoms with van der Waals surface area (Å²) >= 11 is 6.16. The van der Waals surface area contributed by atoms with Gasteiger partial charge in [0.1, 0.15) is 5.56 Å². The number of amides is 1. The Kier molecular flexibility index (Phi) is 6.13. The molecule has 1 aromatic carbocycles. The average Bonchev–Trinajstić information content (AvgIpc) is 2.67. The zero-order valence-electron chi connectivity index (χ0n) is 15.4. The molecule has 1 amide bonds. The number of fused-ring (bicyclic) bond motifs is 1. The molecule has 144 valence electrons. The van der Waals surface area contributed by atoms with Crippen LogP contribution in [0.15, 0.2) is 24.4 Å². The molecule has 8 heteroatoms. The Bertz CT molecular complexity index is 852. The molecule has 2 aromatic rings. The van der Waals surface area contributed by atoms with Crippen LogP contribution in [0.4, 0.5) is 5.69 Å². The summed E-state index contributed by atoms with van der Waals surface area (Å²) in [6, 6.07) is 5.27. The average molecular weight is 392 g/mol. The van der Waals surface area contributed by atoms with E-state index in [9.17, 15) is 9.59 Å². The number of hydrogen-bond acceptors (Lipinski definition) is 6. The van der Waals surface area contributed by atoms with Crippen molar-refractivity contribution >= 4 is 40.1 Å². The molecule has 1 aliphatic rings. The lowest BCUT2D eigenvalue weighted by Gasteiger charge is -2.30. The van der Waals surface area contributed by atoms with Crippen molar-refractivity contribution in [2.24, 2.45) is 0 Å². The second kappa shape index (κ2) is 8.54. The fraction of sp³-hybridized carbons (Fsp3) is 0.421. The second-order valence-corrected chi connectivity index (χ2v) is 6.69. The molecule has 2 heterocycles. The summed E-state index contributed by atoms with van der Waals surface area (Å²) < 4.78 is 10.5. The summed E-state index contributed by atoms with van der Waals surface area (Å²) in [4.78, 5) is 33.0. The van der Waals surface area contributed by atoms with Gasteiger partial charge in [0.25, 0.3) is 0 Å². The number of rotatable bonds is 5. The van der Waals surface area contributed by atoms with E-state index in [-0.39, 0.29) is 19.1 Å². The largest absolute Gasteiger partial charge is 0.462 e. The van der Waals surface area contributed by atoms with E-state index in [0.717, 1.165) is 0 Å². The van der Waals surface area contributed by atoms with Crippen molar-refractivity contribution in [3.63, 3.8) is 0 Å². The number of halogens is 1. The molecule has 7 nitrogen and oxygen atoms in total. The summed E-state index contributed by atoms with van der Waals surface area (Å²) in [6.45, 7) is 4.34. The fourth-order valence-electron chi connectivity index (χ4n) is 3.12. The summed E-state index contributed by atoms with van der Waals surface area (Å²) in [6.07, 6.45) is 1.49. The Hall–Kier alpha value is -2.38. The lowest BCUT2D eigenvalue weighted by Crippen LogP contribution is -2.45. The van der Waals surface area contributed by atoms with Crippen LogP contribution in [0.1, 0.15) is 17.3 Å². The third-order valence-electron chi connectivity index (χ3n) is 4.41. The number of morpholine rings is 1. The second-order valence-electron chi connectivity index (χ2n) is 6.25. The van der Waals surface area contributed by atoms with E-state index in [1.165, 1.54) is 6.20 Å². The van der Waals surface area contributed by atoms with Crippen LogP contribution >= 0.6 is 11.6 Å². The highest BCUT2D eigenvalue weighted by Gasteiger charge is 2.24. The number of carbonyl (C=O) groups is 2. The van der Waals surface area contributed by atoms with Gasteiger partial charge in [-0.2, -0.15) is 0 Å². The van der Waals surface area contributed by atoms with Gasteiger partial charge in [0, 0.05) is 36.7 Å². The summed E-state index contributed by atoms with van der Waals surface area (Å²) in [5.74, 6) is -0.504. The monoisotopic (exact) mass is 391 g/mol. The van der Waals surface area contributed by atoms with Gasteiger partial charge in [-0.15, -0.1) is 0 Å². The molecule has 0 atom stereocenters. The first-order valence-electron chi connectivity index (χ1n) is 8.83. The van der Waals surface area contributed by atoms with Crippen molar-refractivity contribution in [3.05, 3.63) is 35.0 Å². The van der Waals surface area contributed by atoms with Gasteiger partial charge in [-0.25, -0.2) is 4.79 Å². The van der Waals surface area contributed by atoms with E-state index in [4.69, 9.17) is 21.1 Å². The van der Waals surface area contributed by atoms with E-state index in [2.05, 4.69) is 4.98 Å². The molecule has 1 aromatic heterocycles. The van der Waals surface area contributed by atoms with E-state index in [1.807, 2.05) is 0 Å². The molecule has 0 N–H and O–H groups in total. The maximum absolute atomic E-state index is 12.7. The molecule has 0 aliphatic carbocycles. The van der Waals surface area contributed by atoms with Crippen molar-refractivity contribution in [1.29, 1.82) is 0 Å². The standard InChI is InChI=1S/C19H22ClN3O4/c1-3-27-19(25)15-11-21-16-5-4-13(20)10-14(16)18(15)22(2)12-17(24)23-6-8-26-9-7-23/h4-5,10-11H,3,6-9,12H2,1-2H3. The SMILES string of the molecule is CCOC(=O)c1cnc2ccc(Cl)cc2c1N(C)CC(=O)N1CCOCC1. The van der Waals surface area contributed by atoms with E-state index >= 15 is 0 Å². The van der Waals surface area contributed by atoms with Crippen LogP contribution in [0.2, 0.25) is 5.02 Å². The maximum atomic E-state index is 12.7. The summed E-state index contributed by atoms with van der Waals surface area (Å²) in [5, 5.41) is 1.23. The van der Waals surface area contributed by atoms with Gasteiger partial charge in [-0.1, -0.05) is 11.6 Å². The number of aromatic nitrogens is 1. The molecule has 0 radical (unpaired) electrons. The molecule has 0 unspecified atom stereocenters. The number of likely N-dealkylation sites (N-methyl/N-ethyl adjacent to an activating group) is 1. The van der Waals surface area contributed by atoms with Crippen LogP contribution in [-0.4, -0.2) is 68.3 Å². The predicted molar refractivity (Wildman–Crippen MR) is 103 cm³/mol. The molecule has 1 saturated heterocycles. The third kappa shape index (κ3) is 4.31. The van der Waals surface area contributed by atoms with Crippen molar-refractivity contribution in [1.82, 2.24) is 9.88 Å². The van der Waals surface area contributed by atoms with Gasteiger partial charge in [-0.05, 0) is 25.1 Å². The van der Waals surface area contributed by atoms with E-state index < -0.39 is 5.97 Å². The summed E-state index contributed by atoms with van der Waals surface area (Å²) in [5.41, 5.74) is 1.58. The van der Waals surface area contributed by atoms with Gasteiger partial charge in [0.05, 0.1) is 37.6 Å². The van der Waals surface area contributed by atoms with Crippen LogP contribution in [-0.2, 0) is 14.3 Å². The Morgan fingerprint density at radius 2 is 2.07 bits per heavy atom. The van der Waals surface area contributed by atoms with Crippen LogP contribution in [0, 0.1) is 0 Å². The van der Waals surface area contributed by atoms with Crippen LogP contribution in [0.3, 0.4) is 0 Å².